The molecule has 0 saturated carbocycles. The minimum absolute atomic E-state index is 0.0876. The number of pyridine rings is 1. The number of ketones is 1. The molecule has 1 aromatic carbocycles. The third kappa shape index (κ3) is 4.13. The van der Waals surface area contributed by atoms with Crippen LogP contribution in [0.15, 0.2) is 65.9 Å². The second kappa shape index (κ2) is 8.43. The highest BCUT2D eigenvalue weighted by Crippen LogP contribution is 2.31. The van der Waals surface area contributed by atoms with Crippen LogP contribution in [0.2, 0.25) is 5.02 Å². The Morgan fingerprint density at radius 3 is 2.80 bits per heavy atom. The number of carbonyl (C=O) groups is 2. The Morgan fingerprint density at radius 2 is 2.00 bits per heavy atom. The van der Waals surface area contributed by atoms with Crippen LogP contribution in [0.3, 0.4) is 0 Å². The molecule has 0 radical (unpaired) electrons. The first-order valence-corrected chi connectivity index (χ1v) is 12.0. The van der Waals surface area contributed by atoms with Gasteiger partial charge in [-0.25, -0.2) is 27.0 Å². The highest BCUT2D eigenvalue weighted by atomic mass is 35.5. The quantitative estimate of drug-likeness (QED) is 0.390. The lowest BCUT2D eigenvalue weighted by Crippen LogP contribution is -2.29. The lowest BCUT2D eigenvalue weighted by Gasteiger charge is -2.26. The Bertz CT molecular complexity index is 1610. The number of ether oxygens (including phenoxy) is 1. The van der Waals surface area contributed by atoms with Crippen molar-refractivity contribution in [1.82, 2.24) is 9.97 Å². The fraction of sp³-hybridized carbons (Fsp3) is 0.0870. The number of aromatic nitrogens is 2. The van der Waals surface area contributed by atoms with Gasteiger partial charge in [-0.2, -0.15) is 0 Å². The van der Waals surface area contributed by atoms with Gasteiger partial charge in [0.25, 0.3) is 10.0 Å². The van der Waals surface area contributed by atoms with Crippen LogP contribution >= 0.6 is 11.6 Å². The number of anilines is 1. The smallest absolute Gasteiger partial charge is 0.331 e. The summed E-state index contributed by atoms with van der Waals surface area (Å²) >= 11 is 5.93. The number of nitrogens with zero attached hydrogens (tertiary/aromatic N) is 1. The van der Waals surface area contributed by atoms with E-state index in [-0.39, 0.29) is 26.5 Å². The zero-order valence-electron chi connectivity index (χ0n) is 17.5. The van der Waals surface area contributed by atoms with Crippen molar-refractivity contribution < 1.29 is 31.5 Å². The number of fused-ring (bicyclic) bond motifs is 2. The monoisotopic (exact) mass is 517 g/mol. The largest absolute Gasteiger partial charge is 0.454 e. The van der Waals surface area contributed by atoms with Gasteiger partial charge < -0.3 is 9.72 Å². The third-order valence-electron chi connectivity index (χ3n) is 5.51. The number of H-pyrrole nitrogens is 1. The van der Waals surface area contributed by atoms with Crippen molar-refractivity contribution in [2.24, 2.45) is 5.92 Å². The second-order valence-corrected chi connectivity index (χ2v) is 9.86. The first-order chi connectivity index (χ1) is 16.6. The summed E-state index contributed by atoms with van der Waals surface area (Å²) in [6, 6.07) is 3.09. The molecule has 0 bridgehead atoms. The summed E-state index contributed by atoms with van der Waals surface area (Å²) in [5, 5.41) is 0.466. The van der Waals surface area contributed by atoms with E-state index < -0.39 is 56.7 Å². The van der Waals surface area contributed by atoms with Crippen LogP contribution in [-0.4, -0.2) is 36.2 Å². The van der Waals surface area contributed by atoms with Crippen LogP contribution in [0.25, 0.3) is 11.0 Å². The number of aromatic amines is 1. The van der Waals surface area contributed by atoms with Crippen molar-refractivity contribution in [2.75, 3.05) is 4.72 Å². The summed E-state index contributed by atoms with van der Waals surface area (Å²) in [6.45, 7) is 0. The van der Waals surface area contributed by atoms with E-state index in [1.807, 2.05) is 0 Å². The molecule has 2 aliphatic rings. The predicted molar refractivity (Wildman–Crippen MR) is 123 cm³/mol. The number of allylic oxidation sites excluding steroid dienone is 1. The van der Waals surface area contributed by atoms with E-state index in [9.17, 15) is 22.4 Å². The maximum absolute atomic E-state index is 15.3. The van der Waals surface area contributed by atoms with Crippen LogP contribution in [-0.2, 0) is 19.6 Å². The molecule has 1 aliphatic heterocycles. The first-order valence-electron chi connectivity index (χ1n) is 10.1. The molecule has 0 fully saturated rings. The molecule has 2 unspecified atom stereocenters. The van der Waals surface area contributed by atoms with Gasteiger partial charge in [-0.05, 0) is 30.4 Å². The fourth-order valence-corrected chi connectivity index (χ4v) is 5.14. The topological polar surface area (TPSA) is 118 Å². The zero-order chi connectivity index (χ0) is 24.9. The van der Waals surface area contributed by atoms with E-state index in [0.717, 1.165) is 12.1 Å². The van der Waals surface area contributed by atoms with Crippen LogP contribution in [0.5, 0.6) is 0 Å². The zero-order valence-corrected chi connectivity index (χ0v) is 19.0. The number of benzene rings is 1. The number of carbonyl (C=O) groups excluding carboxylic acids is 2. The van der Waals surface area contributed by atoms with Crippen molar-refractivity contribution in [3.05, 3.63) is 93.7 Å². The molecular weight excluding hydrogens is 504 g/mol. The molecule has 5 rings (SSSR count). The molecule has 12 heteroatoms. The molecule has 3 heterocycles. The molecule has 2 atom stereocenters. The molecule has 0 amide bonds. The fourth-order valence-electron chi connectivity index (χ4n) is 3.83. The van der Waals surface area contributed by atoms with E-state index in [1.54, 1.807) is 0 Å². The van der Waals surface area contributed by atoms with Gasteiger partial charge in [0, 0.05) is 35.3 Å². The number of sulfonamides is 1. The van der Waals surface area contributed by atoms with Crippen LogP contribution < -0.4 is 4.72 Å². The summed E-state index contributed by atoms with van der Waals surface area (Å²) < 4.78 is 62.9. The number of hydrogen-bond acceptors (Lipinski definition) is 6. The number of halogens is 3. The van der Waals surface area contributed by atoms with Gasteiger partial charge in [-0.1, -0.05) is 23.8 Å². The van der Waals surface area contributed by atoms with Crippen LogP contribution in [0.1, 0.15) is 15.9 Å². The van der Waals surface area contributed by atoms with Crippen molar-refractivity contribution in [2.45, 2.75) is 6.10 Å². The lowest BCUT2D eigenvalue weighted by atomic mass is 9.95. The molecule has 2 aromatic heterocycles. The minimum Gasteiger partial charge on any atom is -0.454 e. The predicted octanol–water partition coefficient (Wildman–Crippen LogP) is 4.02. The molecule has 1 aliphatic carbocycles. The Hall–Kier alpha value is -3.83. The maximum atomic E-state index is 15.3. The molecule has 8 nitrogen and oxygen atoms in total. The third-order valence-corrected chi connectivity index (χ3v) is 7.10. The average molecular weight is 518 g/mol. The highest BCUT2D eigenvalue weighted by Gasteiger charge is 2.31. The lowest BCUT2D eigenvalue weighted by molar-refractivity contribution is -0.143. The Labute approximate surface area is 202 Å². The number of nitrogens with one attached hydrogen (secondary N) is 2. The van der Waals surface area contributed by atoms with Crippen molar-refractivity contribution in [3.8, 4) is 0 Å². The van der Waals surface area contributed by atoms with Crippen molar-refractivity contribution in [3.63, 3.8) is 0 Å². The highest BCUT2D eigenvalue weighted by molar-refractivity contribution is 7.96. The molecule has 3 aromatic rings. The molecular formula is C23H14ClF2N3O5S. The van der Waals surface area contributed by atoms with E-state index in [4.69, 9.17) is 16.3 Å². The second-order valence-electron chi connectivity index (χ2n) is 7.74. The number of esters is 1. The number of hydrogen-bond donors (Lipinski definition) is 2. The summed E-state index contributed by atoms with van der Waals surface area (Å²) in [4.78, 5) is 30.9. The molecule has 2 N–H and O–H groups in total. The van der Waals surface area contributed by atoms with Crippen LogP contribution in [0.4, 0.5) is 14.5 Å². The molecule has 35 heavy (non-hydrogen) atoms. The van der Waals surface area contributed by atoms with E-state index in [1.165, 1.54) is 48.8 Å². The summed E-state index contributed by atoms with van der Waals surface area (Å²) in [7, 11) is -4.33. The van der Waals surface area contributed by atoms with Gasteiger partial charge in [0.1, 0.15) is 17.6 Å². The first kappa shape index (κ1) is 22.9. The Kier molecular flexibility index (Phi) is 5.53. The Balaban J connectivity index is 1.49. The van der Waals surface area contributed by atoms with Gasteiger partial charge in [0.15, 0.2) is 5.82 Å². The van der Waals surface area contributed by atoms with Gasteiger partial charge in [0.05, 0.1) is 21.2 Å². The molecule has 0 spiro atoms. The SMILES string of the molecule is O=C1C=CC2C=C(S(=O)(=O)Nc3ccc(F)c(C(=O)c4c[nH]c5ncc(Cl)cc45)c3F)C=CC2O1. The molecule has 178 valence electrons. The van der Waals surface area contributed by atoms with Gasteiger partial charge in [-0.15, -0.1) is 0 Å². The minimum atomic E-state index is -4.33. The maximum Gasteiger partial charge on any atom is 0.331 e. The molecule has 0 saturated heterocycles. The summed E-state index contributed by atoms with van der Waals surface area (Å²) in [5.41, 5.74) is -1.36. The van der Waals surface area contributed by atoms with E-state index in [2.05, 4.69) is 14.7 Å². The number of rotatable bonds is 5. The Morgan fingerprint density at radius 1 is 1.20 bits per heavy atom. The van der Waals surface area contributed by atoms with Gasteiger partial charge in [0.2, 0.25) is 5.78 Å². The standard InChI is InChI=1S/C23H14ClF2N3O5S/c24-12-8-14-15(10-28-23(14)27-9-12)22(31)20-16(25)3-4-17(21(20)26)29-35(32,33)13-2-5-18-11(7-13)1-6-19(30)34-18/h1-11,18,29H,(H,27,28). The van der Waals surface area contributed by atoms with E-state index >= 15 is 4.39 Å². The van der Waals surface area contributed by atoms with Gasteiger partial charge >= 0.3 is 5.97 Å². The van der Waals surface area contributed by atoms with E-state index in [0.29, 0.717) is 0 Å². The summed E-state index contributed by atoms with van der Waals surface area (Å²) in [6.07, 6.45) is 8.55. The van der Waals surface area contributed by atoms with Crippen molar-refractivity contribution >= 4 is 50.1 Å². The normalized spacial score (nSPS) is 19.3. The van der Waals surface area contributed by atoms with Crippen LogP contribution in [0, 0.1) is 17.6 Å². The summed E-state index contributed by atoms with van der Waals surface area (Å²) in [5.74, 6) is -4.65. The average Bonchev–Trinajstić information content (AvgIpc) is 3.23. The van der Waals surface area contributed by atoms with Crippen molar-refractivity contribution in [1.29, 1.82) is 0 Å². The van der Waals surface area contributed by atoms with Gasteiger partial charge in [-0.3, -0.25) is 9.52 Å².